The van der Waals surface area contributed by atoms with Gasteiger partial charge in [0.05, 0.1) is 17.5 Å². The van der Waals surface area contributed by atoms with Gasteiger partial charge in [0, 0.05) is 11.8 Å². The lowest BCUT2D eigenvalue weighted by Crippen LogP contribution is -2.45. The minimum atomic E-state index is -4.66. The average Bonchev–Trinajstić information content (AvgIpc) is 3.08. The van der Waals surface area contributed by atoms with Gasteiger partial charge < -0.3 is 14.8 Å². The zero-order chi connectivity index (χ0) is 21.4. The number of amides is 1. The van der Waals surface area contributed by atoms with Crippen molar-refractivity contribution in [2.75, 3.05) is 22.7 Å². The standard InChI is InChI=1S/C18H17F3N2O5S/c1-11(17(24)22-13-6-7-15-16(9-13)28-10-27-15)23(29(2,25)26)14-5-3-4-12(8-14)18(19,20)21/h3-9,11H,10H2,1-2H3,(H,22,24). The van der Waals surface area contributed by atoms with Crippen LogP contribution in [-0.2, 0) is 21.0 Å². The number of ether oxygens (including phenoxy) is 2. The monoisotopic (exact) mass is 430 g/mol. The van der Waals surface area contributed by atoms with Crippen molar-refractivity contribution in [1.29, 1.82) is 0 Å². The predicted octanol–water partition coefficient (Wildman–Crippen LogP) is 3.23. The Kier molecular flexibility index (Phi) is 5.35. The maximum Gasteiger partial charge on any atom is 0.416 e. The molecule has 3 rings (SSSR count). The van der Waals surface area contributed by atoms with Gasteiger partial charge in [0.25, 0.3) is 0 Å². The van der Waals surface area contributed by atoms with E-state index in [0.29, 0.717) is 27.6 Å². The first-order valence-electron chi connectivity index (χ1n) is 8.34. The van der Waals surface area contributed by atoms with Crippen LogP contribution in [-0.4, -0.2) is 33.4 Å². The van der Waals surface area contributed by atoms with E-state index in [1.165, 1.54) is 25.1 Å². The number of hydrogen-bond donors (Lipinski definition) is 1. The number of carbonyl (C=O) groups is 1. The highest BCUT2D eigenvalue weighted by Crippen LogP contribution is 2.35. The lowest BCUT2D eigenvalue weighted by atomic mass is 10.1. The molecular formula is C18H17F3N2O5S. The lowest BCUT2D eigenvalue weighted by Gasteiger charge is -2.28. The van der Waals surface area contributed by atoms with E-state index in [1.807, 2.05) is 0 Å². The van der Waals surface area contributed by atoms with E-state index in [2.05, 4.69) is 5.32 Å². The molecule has 7 nitrogen and oxygen atoms in total. The third-order valence-electron chi connectivity index (χ3n) is 4.16. The number of hydrogen-bond acceptors (Lipinski definition) is 5. The molecule has 29 heavy (non-hydrogen) atoms. The number of anilines is 2. The largest absolute Gasteiger partial charge is 0.454 e. The van der Waals surface area contributed by atoms with Crippen molar-refractivity contribution in [1.82, 2.24) is 0 Å². The topological polar surface area (TPSA) is 84.9 Å². The Morgan fingerprint density at radius 2 is 1.83 bits per heavy atom. The SMILES string of the molecule is CC(C(=O)Nc1ccc2c(c1)OCO2)N(c1cccc(C(F)(F)F)c1)S(C)(=O)=O. The van der Waals surface area contributed by atoms with Crippen LogP contribution in [0, 0.1) is 0 Å². The summed E-state index contributed by atoms with van der Waals surface area (Å²) in [6.45, 7) is 1.32. The summed E-state index contributed by atoms with van der Waals surface area (Å²) in [6.07, 6.45) is -3.84. The first kappa shape index (κ1) is 20.8. The molecule has 0 aromatic heterocycles. The first-order chi connectivity index (χ1) is 13.5. The molecule has 156 valence electrons. The highest BCUT2D eigenvalue weighted by atomic mass is 32.2. The molecule has 2 aromatic rings. The number of sulfonamides is 1. The molecule has 1 amide bonds. The highest BCUT2D eigenvalue weighted by Gasteiger charge is 2.34. The summed E-state index contributed by atoms with van der Waals surface area (Å²) in [5.41, 5.74) is -0.966. The van der Waals surface area contributed by atoms with Crippen LogP contribution in [0.3, 0.4) is 0 Å². The Balaban J connectivity index is 1.88. The van der Waals surface area contributed by atoms with Gasteiger partial charge in [-0.2, -0.15) is 13.2 Å². The van der Waals surface area contributed by atoms with Gasteiger partial charge in [-0.05, 0) is 37.3 Å². The molecule has 0 fully saturated rings. The smallest absolute Gasteiger partial charge is 0.416 e. The van der Waals surface area contributed by atoms with Gasteiger partial charge >= 0.3 is 6.18 Å². The van der Waals surface area contributed by atoms with Crippen LogP contribution >= 0.6 is 0 Å². The molecule has 0 aliphatic carbocycles. The summed E-state index contributed by atoms with van der Waals surface area (Å²) in [5.74, 6) is 0.178. The summed E-state index contributed by atoms with van der Waals surface area (Å²) in [5, 5.41) is 2.54. The number of halogens is 3. The zero-order valence-corrected chi connectivity index (χ0v) is 16.2. The molecule has 0 radical (unpaired) electrons. The number of benzene rings is 2. The minimum Gasteiger partial charge on any atom is -0.454 e. The second kappa shape index (κ2) is 7.47. The second-order valence-electron chi connectivity index (χ2n) is 6.34. The lowest BCUT2D eigenvalue weighted by molar-refractivity contribution is -0.137. The Labute approximate surface area is 165 Å². The fourth-order valence-corrected chi connectivity index (χ4v) is 4.02. The van der Waals surface area contributed by atoms with E-state index in [1.54, 1.807) is 6.07 Å². The van der Waals surface area contributed by atoms with E-state index < -0.39 is 33.7 Å². The van der Waals surface area contributed by atoms with E-state index in [-0.39, 0.29) is 12.5 Å². The van der Waals surface area contributed by atoms with Crippen molar-refractivity contribution in [2.24, 2.45) is 0 Å². The fourth-order valence-electron chi connectivity index (χ4n) is 2.85. The minimum absolute atomic E-state index is 0.0422. The van der Waals surface area contributed by atoms with E-state index in [4.69, 9.17) is 9.47 Å². The summed E-state index contributed by atoms with van der Waals surface area (Å²) in [4.78, 5) is 12.6. The summed E-state index contributed by atoms with van der Waals surface area (Å²) >= 11 is 0. The number of nitrogens with zero attached hydrogens (tertiary/aromatic N) is 1. The zero-order valence-electron chi connectivity index (χ0n) is 15.4. The van der Waals surface area contributed by atoms with Crippen molar-refractivity contribution < 1.29 is 35.9 Å². The quantitative estimate of drug-likeness (QED) is 0.787. The number of alkyl halides is 3. The predicted molar refractivity (Wildman–Crippen MR) is 99.4 cm³/mol. The van der Waals surface area contributed by atoms with Gasteiger partial charge in [-0.1, -0.05) is 6.07 Å². The average molecular weight is 430 g/mol. The van der Waals surface area contributed by atoms with Crippen LogP contribution in [0.1, 0.15) is 12.5 Å². The van der Waals surface area contributed by atoms with Crippen LogP contribution in [0.2, 0.25) is 0 Å². The Hall–Kier alpha value is -2.95. The highest BCUT2D eigenvalue weighted by molar-refractivity contribution is 7.92. The van der Waals surface area contributed by atoms with Gasteiger partial charge in [-0.15, -0.1) is 0 Å². The van der Waals surface area contributed by atoms with E-state index in [0.717, 1.165) is 18.4 Å². The Morgan fingerprint density at radius 3 is 2.48 bits per heavy atom. The summed E-state index contributed by atoms with van der Waals surface area (Å²) < 4.78 is 74.6. The van der Waals surface area contributed by atoms with Gasteiger partial charge in [0.15, 0.2) is 11.5 Å². The third kappa shape index (κ3) is 4.56. The molecule has 2 aromatic carbocycles. The van der Waals surface area contributed by atoms with Gasteiger partial charge in [-0.25, -0.2) is 8.42 Å². The molecule has 0 bridgehead atoms. The summed E-state index contributed by atoms with van der Waals surface area (Å²) in [6, 6.07) is 7.07. The van der Waals surface area contributed by atoms with Gasteiger partial charge in [0.2, 0.25) is 22.7 Å². The van der Waals surface area contributed by atoms with Crippen molar-refractivity contribution >= 4 is 27.3 Å². The molecule has 11 heteroatoms. The van der Waals surface area contributed by atoms with Crippen LogP contribution in [0.25, 0.3) is 0 Å². The normalized spacial score (nSPS) is 14.4. The summed E-state index contributed by atoms with van der Waals surface area (Å²) in [7, 11) is -4.07. The van der Waals surface area contributed by atoms with Crippen molar-refractivity contribution in [2.45, 2.75) is 19.1 Å². The molecule has 0 saturated carbocycles. The van der Waals surface area contributed by atoms with Gasteiger partial charge in [-0.3, -0.25) is 9.10 Å². The molecule has 1 atom stereocenters. The van der Waals surface area contributed by atoms with Crippen molar-refractivity contribution in [3.63, 3.8) is 0 Å². The number of carbonyl (C=O) groups excluding carboxylic acids is 1. The molecule has 1 aliphatic heterocycles. The molecular weight excluding hydrogens is 413 g/mol. The van der Waals surface area contributed by atoms with Crippen LogP contribution in [0.15, 0.2) is 42.5 Å². The molecule has 0 spiro atoms. The number of nitrogens with one attached hydrogen (secondary N) is 1. The maximum atomic E-state index is 13.0. The number of fused-ring (bicyclic) bond motifs is 1. The first-order valence-corrected chi connectivity index (χ1v) is 10.2. The molecule has 1 heterocycles. The Bertz CT molecular complexity index is 1040. The fraction of sp³-hybridized carbons (Fsp3) is 0.278. The van der Waals surface area contributed by atoms with E-state index >= 15 is 0 Å². The molecule has 0 saturated heterocycles. The molecule has 1 aliphatic rings. The van der Waals surface area contributed by atoms with Crippen LogP contribution < -0.4 is 19.1 Å². The third-order valence-corrected chi connectivity index (χ3v) is 5.40. The number of rotatable bonds is 5. The maximum absolute atomic E-state index is 13.0. The van der Waals surface area contributed by atoms with Crippen molar-refractivity contribution in [3.8, 4) is 11.5 Å². The van der Waals surface area contributed by atoms with E-state index in [9.17, 15) is 26.4 Å². The van der Waals surface area contributed by atoms with Crippen molar-refractivity contribution in [3.05, 3.63) is 48.0 Å². The molecule has 1 unspecified atom stereocenters. The van der Waals surface area contributed by atoms with Crippen LogP contribution in [0.5, 0.6) is 11.5 Å². The Morgan fingerprint density at radius 1 is 1.14 bits per heavy atom. The second-order valence-corrected chi connectivity index (χ2v) is 8.20. The van der Waals surface area contributed by atoms with Gasteiger partial charge in [0.1, 0.15) is 6.04 Å². The molecule has 1 N–H and O–H groups in total. The van der Waals surface area contributed by atoms with Crippen LogP contribution in [0.4, 0.5) is 24.5 Å².